The number of ether oxygens (including phenoxy) is 1. The first-order chi connectivity index (χ1) is 9.83. The van der Waals surface area contributed by atoms with Crippen molar-refractivity contribution in [2.75, 3.05) is 32.8 Å². The summed E-state index contributed by atoms with van der Waals surface area (Å²) < 4.78 is 5.78. The van der Waals surface area contributed by atoms with E-state index in [1.807, 2.05) is 23.1 Å². The van der Waals surface area contributed by atoms with Crippen molar-refractivity contribution in [2.45, 2.75) is 18.9 Å². The first kappa shape index (κ1) is 13.6. The van der Waals surface area contributed by atoms with Gasteiger partial charge in [0, 0.05) is 6.54 Å². The highest BCUT2D eigenvalue weighted by Gasteiger charge is 2.26. The zero-order valence-corrected chi connectivity index (χ0v) is 11.8. The molecule has 1 aromatic rings. The Kier molecular flexibility index (Phi) is 4.33. The SMILES string of the molecule is O=C(CNCC1CC1)N1CCOC(c2ccccc2)C1. The number of carbonyl (C=O) groups excluding carboxylic acids is 1. The zero-order valence-electron chi connectivity index (χ0n) is 11.8. The highest BCUT2D eigenvalue weighted by molar-refractivity contribution is 5.78. The zero-order chi connectivity index (χ0) is 13.8. The lowest BCUT2D eigenvalue weighted by Gasteiger charge is -2.33. The molecule has 1 heterocycles. The second kappa shape index (κ2) is 6.37. The Morgan fingerprint density at radius 3 is 2.85 bits per heavy atom. The number of hydrogen-bond acceptors (Lipinski definition) is 3. The van der Waals surface area contributed by atoms with Crippen molar-refractivity contribution in [1.29, 1.82) is 0 Å². The van der Waals surface area contributed by atoms with Crippen LogP contribution in [0.2, 0.25) is 0 Å². The number of hydrogen-bond donors (Lipinski definition) is 1. The predicted molar refractivity (Wildman–Crippen MR) is 77.3 cm³/mol. The third kappa shape index (κ3) is 3.58. The molecule has 0 aromatic heterocycles. The maximum absolute atomic E-state index is 12.2. The van der Waals surface area contributed by atoms with Gasteiger partial charge in [0.25, 0.3) is 0 Å². The van der Waals surface area contributed by atoms with E-state index in [4.69, 9.17) is 4.74 Å². The summed E-state index contributed by atoms with van der Waals surface area (Å²) in [6.45, 7) is 3.42. The molecule has 1 unspecified atom stereocenters. The van der Waals surface area contributed by atoms with Crippen LogP contribution in [0.25, 0.3) is 0 Å². The molecule has 0 bridgehead atoms. The van der Waals surface area contributed by atoms with Crippen LogP contribution in [-0.2, 0) is 9.53 Å². The fourth-order valence-corrected chi connectivity index (χ4v) is 2.56. The summed E-state index contributed by atoms with van der Waals surface area (Å²) in [6.07, 6.45) is 2.64. The molecule has 1 aromatic carbocycles. The van der Waals surface area contributed by atoms with Gasteiger partial charge in [-0.15, -0.1) is 0 Å². The quantitative estimate of drug-likeness (QED) is 0.886. The molecule has 1 aliphatic carbocycles. The van der Waals surface area contributed by atoms with Crippen molar-refractivity contribution in [1.82, 2.24) is 10.2 Å². The smallest absolute Gasteiger partial charge is 0.236 e. The van der Waals surface area contributed by atoms with Crippen LogP contribution in [0.5, 0.6) is 0 Å². The molecule has 0 spiro atoms. The molecule has 1 saturated carbocycles. The number of morpholine rings is 1. The Labute approximate surface area is 120 Å². The van der Waals surface area contributed by atoms with Gasteiger partial charge < -0.3 is 15.0 Å². The van der Waals surface area contributed by atoms with Gasteiger partial charge in [0.2, 0.25) is 5.91 Å². The van der Waals surface area contributed by atoms with Crippen molar-refractivity contribution in [3.05, 3.63) is 35.9 Å². The summed E-state index contributed by atoms with van der Waals surface area (Å²) in [4.78, 5) is 14.1. The summed E-state index contributed by atoms with van der Waals surface area (Å²) in [5.41, 5.74) is 1.15. The first-order valence-electron chi connectivity index (χ1n) is 7.48. The Morgan fingerprint density at radius 1 is 1.30 bits per heavy atom. The highest BCUT2D eigenvalue weighted by atomic mass is 16.5. The van der Waals surface area contributed by atoms with Gasteiger partial charge in [0.15, 0.2) is 0 Å². The fourth-order valence-electron chi connectivity index (χ4n) is 2.56. The van der Waals surface area contributed by atoms with E-state index >= 15 is 0 Å². The molecule has 1 N–H and O–H groups in total. The second-order valence-electron chi connectivity index (χ2n) is 5.68. The van der Waals surface area contributed by atoms with Gasteiger partial charge in [-0.2, -0.15) is 0 Å². The molecule has 108 valence electrons. The molecule has 1 atom stereocenters. The van der Waals surface area contributed by atoms with E-state index in [2.05, 4.69) is 17.4 Å². The Balaban J connectivity index is 1.50. The number of nitrogens with one attached hydrogen (secondary N) is 1. The summed E-state index contributed by atoms with van der Waals surface area (Å²) in [5, 5.41) is 3.27. The Hall–Kier alpha value is -1.39. The maximum atomic E-state index is 12.2. The van der Waals surface area contributed by atoms with Gasteiger partial charge in [0.05, 0.1) is 19.7 Å². The van der Waals surface area contributed by atoms with Gasteiger partial charge in [-0.05, 0) is 30.9 Å². The van der Waals surface area contributed by atoms with Gasteiger partial charge in [0.1, 0.15) is 6.10 Å². The van der Waals surface area contributed by atoms with E-state index in [1.54, 1.807) is 0 Å². The summed E-state index contributed by atoms with van der Waals surface area (Å²) in [5.74, 6) is 0.999. The molecule has 3 rings (SSSR count). The number of carbonyl (C=O) groups is 1. The van der Waals surface area contributed by atoms with Crippen LogP contribution in [-0.4, -0.2) is 43.6 Å². The summed E-state index contributed by atoms with van der Waals surface area (Å²) >= 11 is 0. The van der Waals surface area contributed by atoms with Crippen LogP contribution in [0.15, 0.2) is 30.3 Å². The molecule has 20 heavy (non-hydrogen) atoms. The minimum Gasteiger partial charge on any atom is -0.370 e. The molecule has 4 heteroatoms. The Bertz CT molecular complexity index is 445. The molecular formula is C16H22N2O2. The Morgan fingerprint density at radius 2 is 2.10 bits per heavy atom. The lowest BCUT2D eigenvalue weighted by molar-refractivity contribution is -0.138. The van der Waals surface area contributed by atoms with Crippen LogP contribution in [0.4, 0.5) is 0 Å². The molecule has 1 amide bonds. The van der Waals surface area contributed by atoms with Crippen molar-refractivity contribution in [3.8, 4) is 0 Å². The topological polar surface area (TPSA) is 41.6 Å². The van der Waals surface area contributed by atoms with Crippen LogP contribution < -0.4 is 5.32 Å². The summed E-state index contributed by atoms with van der Waals surface area (Å²) in [7, 11) is 0. The largest absolute Gasteiger partial charge is 0.370 e. The number of benzene rings is 1. The molecule has 4 nitrogen and oxygen atoms in total. The number of rotatable bonds is 5. The van der Waals surface area contributed by atoms with Crippen LogP contribution in [0, 0.1) is 5.92 Å². The molecule has 1 saturated heterocycles. The maximum Gasteiger partial charge on any atom is 0.236 e. The van der Waals surface area contributed by atoms with Crippen molar-refractivity contribution in [3.63, 3.8) is 0 Å². The van der Waals surface area contributed by atoms with Crippen LogP contribution in [0.3, 0.4) is 0 Å². The molecule has 2 aliphatic rings. The van der Waals surface area contributed by atoms with Gasteiger partial charge in [-0.3, -0.25) is 4.79 Å². The fraction of sp³-hybridized carbons (Fsp3) is 0.562. The third-order valence-electron chi connectivity index (χ3n) is 4.00. The van der Waals surface area contributed by atoms with E-state index in [9.17, 15) is 4.79 Å². The standard InChI is InChI=1S/C16H22N2O2/c19-16(11-17-10-13-6-7-13)18-8-9-20-15(12-18)14-4-2-1-3-5-14/h1-5,13,15,17H,6-12H2. The van der Waals surface area contributed by atoms with Gasteiger partial charge in [-0.25, -0.2) is 0 Å². The lowest BCUT2D eigenvalue weighted by Crippen LogP contribution is -2.46. The summed E-state index contributed by atoms with van der Waals surface area (Å²) in [6, 6.07) is 10.1. The first-order valence-corrected chi connectivity index (χ1v) is 7.48. The number of nitrogens with zero attached hydrogens (tertiary/aromatic N) is 1. The van der Waals surface area contributed by atoms with Crippen LogP contribution >= 0.6 is 0 Å². The molecule has 1 aliphatic heterocycles. The van der Waals surface area contributed by atoms with Gasteiger partial charge in [-0.1, -0.05) is 30.3 Å². The minimum absolute atomic E-state index is 0.0114. The lowest BCUT2D eigenvalue weighted by atomic mass is 10.1. The normalized spacial score (nSPS) is 22.8. The van der Waals surface area contributed by atoms with E-state index in [0.717, 1.165) is 18.0 Å². The van der Waals surface area contributed by atoms with E-state index in [1.165, 1.54) is 12.8 Å². The highest BCUT2D eigenvalue weighted by Crippen LogP contribution is 2.27. The second-order valence-corrected chi connectivity index (χ2v) is 5.68. The molecular weight excluding hydrogens is 252 g/mol. The van der Waals surface area contributed by atoms with Crippen LogP contribution in [0.1, 0.15) is 24.5 Å². The van der Waals surface area contributed by atoms with E-state index < -0.39 is 0 Å². The number of amides is 1. The van der Waals surface area contributed by atoms with E-state index in [-0.39, 0.29) is 12.0 Å². The van der Waals surface area contributed by atoms with Crippen molar-refractivity contribution >= 4 is 5.91 Å². The minimum atomic E-state index is 0.0114. The van der Waals surface area contributed by atoms with Gasteiger partial charge >= 0.3 is 0 Å². The molecule has 0 radical (unpaired) electrons. The monoisotopic (exact) mass is 274 g/mol. The third-order valence-corrected chi connectivity index (χ3v) is 4.00. The average Bonchev–Trinajstić information content (AvgIpc) is 3.32. The molecule has 2 fully saturated rings. The van der Waals surface area contributed by atoms with E-state index in [0.29, 0.717) is 26.2 Å². The van der Waals surface area contributed by atoms with Crippen molar-refractivity contribution < 1.29 is 9.53 Å². The predicted octanol–water partition coefficient (Wildman–Crippen LogP) is 1.59. The average molecular weight is 274 g/mol. The van der Waals surface area contributed by atoms with Crippen molar-refractivity contribution in [2.24, 2.45) is 5.92 Å².